The highest BCUT2D eigenvalue weighted by Crippen LogP contribution is 2.32. The van der Waals surface area contributed by atoms with Crippen molar-refractivity contribution in [3.63, 3.8) is 0 Å². The lowest BCUT2D eigenvalue weighted by Crippen LogP contribution is -2.04. The first-order chi connectivity index (χ1) is 8.03. The van der Waals surface area contributed by atoms with Crippen molar-refractivity contribution in [2.45, 2.75) is 24.7 Å². The summed E-state index contributed by atoms with van der Waals surface area (Å²) < 4.78 is 29.7. The zero-order valence-corrected chi connectivity index (χ0v) is 12.1. The van der Waals surface area contributed by atoms with Gasteiger partial charge < -0.3 is 4.74 Å². The molecule has 1 aliphatic carbocycles. The molecule has 0 spiro atoms. The predicted molar refractivity (Wildman–Crippen MR) is 70.1 cm³/mol. The molecular formula is C12H15BrO3S. The van der Waals surface area contributed by atoms with Gasteiger partial charge >= 0.3 is 0 Å². The lowest BCUT2D eigenvalue weighted by Gasteiger charge is -2.09. The highest BCUT2D eigenvalue weighted by Gasteiger charge is 2.22. The third kappa shape index (κ3) is 3.22. The van der Waals surface area contributed by atoms with Crippen LogP contribution in [0.5, 0.6) is 5.75 Å². The summed E-state index contributed by atoms with van der Waals surface area (Å²) in [6.45, 7) is 2.36. The summed E-state index contributed by atoms with van der Waals surface area (Å²) >= 11 is 3.35. The number of halogens is 1. The van der Waals surface area contributed by atoms with Crippen molar-refractivity contribution in [3.05, 3.63) is 22.7 Å². The average molecular weight is 319 g/mol. The maximum Gasteiger partial charge on any atom is 0.178 e. The Bertz CT molecular complexity index is 506. The summed E-state index contributed by atoms with van der Waals surface area (Å²) in [4.78, 5) is 0.339. The SMILES string of the molecule is CCS(=O)(=O)c1ccc(OCC2CC2)c(Br)c1. The molecule has 0 radical (unpaired) electrons. The predicted octanol–water partition coefficient (Wildman–Crippen LogP) is 3.03. The molecule has 0 saturated heterocycles. The summed E-state index contributed by atoms with van der Waals surface area (Å²) in [7, 11) is -3.14. The molecule has 5 heteroatoms. The summed E-state index contributed by atoms with van der Waals surface area (Å²) in [6, 6.07) is 4.93. The topological polar surface area (TPSA) is 43.4 Å². The van der Waals surface area contributed by atoms with Crippen molar-refractivity contribution in [1.82, 2.24) is 0 Å². The van der Waals surface area contributed by atoms with E-state index >= 15 is 0 Å². The van der Waals surface area contributed by atoms with E-state index in [1.165, 1.54) is 12.8 Å². The van der Waals surface area contributed by atoms with Gasteiger partial charge in [0.05, 0.1) is 21.7 Å². The van der Waals surface area contributed by atoms with Gasteiger partial charge in [0.25, 0.3) is 0 Å². The number of hydrogen-bond donors (Lipinski definition) is 0. The quantitative estimate of drug-likeness (QED) is 0.838. The summed E-state index contributed by atoms with van der Waals surface area (Å²) in [5.41, 5.74) is 0. The minimum atomic E-state index is -3.14. The normalized spacial score (nSPS) is 15.9. The van der Waals surface area contributed by atoms with E-state index in [0.29, 0.717) is 21.0 Å². The second-order valence-corrected chi connectivity index (χ2v) is 7.38. The molecule has 0 atom stereocenters. The largest absolute Gasteiger partial charge is 0.492 e. The van der Waals surface area contributed by atoms with Gasteiger partial charge in [-0.25, -0.2) is 8.42 Å². The van der Waals surface area contributed by atoms with Crippen LogP contribution in [0.15, 0.2) is 27.6 Å². The van der Waals surface area contributed by atoms with E-state index < -0.39 is 9.84 Å². The van der Waals surface area contributed by atoms with Gasteiger partial charge in [0, 0.05) is 0 Å². The lowest BCUT2D eigenvalue weighted by molar-refractivity contribution is 0.298. The Kier molecular flexibility index (Phi) is 3.78. The first-order valence-corrected chi connectivity index (χ1v) is 8.12. The highest BCUT2D eigenvalue weighted by molar-refractivity contribution is 9.10. The van der Waals surface area contributed by atoms with Gasteiger partial charge in [-0.1, -0.05) is 6.92 Å². The lowest BCUT2D eigenvalue weighted by atomic mass is 10.3. The Morgan fingerprint density at radius 1 is 1.41 bits per heavy atom. The van der Waals surface area contributed by atoms with Crippen LogP contribution in [0.4, 0.5) is 0 Å². The fourth-order valence-electron chi connectivity index (χ4n) is 1.45. The van der Waals surface area contributed by atoms with Crippen molar-refractivity contribution in [1.29, 1.82) is 0 Å². The Morgan fingerprint density at radius 2 is 2.12 bits per heavy atom. The van der Waals surface area contributed by atoms with Gasteiger partial charge in [-0.15, -0.1) is 0 Å². The summed E-state index contributed by atoms with van der Waals surface area (Å²) in [6.07, 6.45) is 2.47. The molecule has 0 N–H and O–H groups in total. The molecule has 0 amide bonds. The van der Waals surface area contributed by atoms with Crippen LogP contribution in [-0.2, 0) is 9.84 Å². The molecular weight excluding hydrogens is 304 g/mol. The van der Waals surface area contributed by atoms with Crippen LogP contribution in [0.2, 0.25) is 0 Å². The molecule has 0 bridgehead atoms. The second-order valence-electron chi connectivity index (χ2n) is 4.25. The van der Waals surface area contributed by atoms with Crippen molar-refractivity contribution in [2.24, 2.45) is 5.92 Å². The molecule has 0 heterocycles. The number of ether oxygens (including phenoxy) is 1. The van der Waals surface area contributed by atoms with Gasteiger partial charge in [0.2, 0.25) is 0 Å². The van der Waals surface area contributed by atoms with E-state index in [1.54, 1.807) is 25.1 Å². The van der Waals surface area contributed by atoms with Crippen molar-refractivity contribution in [3.8, 4) is 5.75 Å². The molecule has 1 aliphatic rings. The number of rotatable bonds is 5. The Balaban J connectivity index is 2.15. The molecule has 17 heavy (non-hydrogen) atoms. The molecule has 1 fully saturated rings. The Labute approximate surface area is 110 Å². The molecule has 2 rings (SSSR count). The maximum atomic E-state index is 11.7. The molecule has 94 valence electrons. The zero-order valence-electron chi connectivity index (χ0n) is 9.65. The van der Waals surface area contributed by atoms with Crippen LogP contribution in [0, 0.1) is 5.92 Å². The van der Waals surface area contributed by atoms with Crippen LogP contribution in [0.25, 0.3) is 0 Å². The molecule has 0 aromatic heterocycles. The number of benzene rings is 1. The molecule has 0 aliphatic heterocycles. The minimum Gasteiger partial charge on any atom is -0.492 e. The molecule has 0 unspecified atom stereocenters. The van der Waals surface area contributed by atoms with Crippen LogP contribution in [-0.4, -0.2) is 20.8 Å². The first-order valence-electron chi connectivity index (χ1n) is 5.68. The van der Waals surface area contributed by atoms with Gasteiger partial charge in [0.1, 0.15) is 5.75 Å². The van der Waals surface area contributed by atoms with E-state index in [2.05, 4.69) is 15.9 Å². The van der Waals surface area contributed by atoms with Crippen LogP contribution < -0.4 is 4.74 Å². The van der Waals surface area contributed by atoms with Crippen LogP contribution >= 0.6 is 15.9 Å². The smallest absolute Gasteiger partial charge is 0.178 e. The van der Waals surface area contributed by atoms with Gasteiger partial charge in [-0.3, -0.25) is 0 Å². The minimum absolute atomic E-state index is 0.113. The van der Waals surface area contributed by atoms with E-state index in [1.807, 2.05) is 0 Å². The summed E-state index contributed by atoms with van der Waals surface area (Å²) in [5, 5.41) is 0. The van der Waals surface area contributed by atoms with E-state index in [9.17, 15) is 8.42 Å². The number of hydrogen-bond acceptors (Lipinski definition) is 3. The van der Waals surface area contributed by atoms with E-state index in [0.717, 1.165) is 6.61 Å². The van der Waals surface area contributed by atoms with Gasteiger partial charge in [-0.05, 0) is 52.9 Å². The van der Waals surface area contributed by atoms with E-state index in [4.69, 9.17) is 4.74 Å². The molecule has 3 nitrogen and oxygen atoms in total. The zero-order chi connectivity index (χ0) is 12.5. The standard InChI is InChI=1S/C12H15BrO3S/c1-2-17(14,15)10-5-6-12(11(13)7-10)16-8-9-3-4-9/h5-7,9H,2-4,8H2,1H3. The third-order valence-electron chi connectivity index (χ3n) is 2.81. The van der Waals surface area contributed by atoms with E-state index in [-0.39, 0.29) is 5.75 Å². The second kappa shape index (κ2) is 4.98. The Hall–Kier alpha value is -0.550. The first kappa shape index (κ1) is 12.9. The third-order valence-corrected chi connectivity index (χ3v) is 5.17. The van der Waals surface area contributed by atoms with Crippen molar-refractivity contribution < 1.29 is 13.2 Å². The van der Waals surface area contributed by atoms with Crippen LogP contribution in [0.1, 0.15) is 19.8 Å². The molecule has 1 aromatic rings. The average Bonchev–Trinajstić information content (AvgIpc) is 3.11. The van der Waals surface area contributed by atoms with Gasteiger partial charge in [0.15, 0.2) is 9.84 Å². The van der Waals surface area contributed by atoms with Gasteiger partial charge in [-0.2, -0.15) is 0 Å². The molecule has 1 aromatic carbocycles. The maximum absolute atomic E-state index is 11.7. The van der Waals surface area contributed by atoms with Crippen molar-refractivity contribution >= 4 is 25.8 Å². The van der Waals surface area contributed by atoms with Crippen molar-refractivity contribution in [2.75, 3.05) is 12.4 Å². The molecule has 1 saturated carbocycles. The monoisotopic (exact) mass is 318 g/mol. The fraction of sp³-hybridized carbons (Fsp3) is 0.500. The fourth-order valence-corrected chi connectivity index (χ4v) is 3.00. The van der Waals surface area contributed by atoms with Crippen LogP contribution in [0.3, 0.4) is 0 Å². The Morgan fingerprint density at radius 3 is 2.65 bits per heavy atom. The summed E-state index contributed by atoms with van der Waals surface area (Å²) in [5.74, 6) is 1.51. The number of sulfone groups is 1. The highest BCUT2D eigenvalue weighted by atomic mass is 79.9.